The van der Waals surface area contributed by atoms with Gasteiger partial charge in [0.15, 0.2) is 0 Å². The van der Waals surface area contributed by atoms with E-state index in [2.05, 4.69) is 35.0 Å². The van der Waals surface area contributed by atoms with E-state index in [0.29, 0.717) is 6.10 Å². The van der Waals surface area contributed by atoms with Gasteiger partial charge < -0.3 is 14.0 Å². The molecule has 17 heavy (non-hydrogen) atoms. The molecule has 0 atom stereocenters. The second-order valence-electron chi connectivity index (χ2n) is 4.51. The third-order valence-corrected chi connectivity index (χ3v) is 3.13. The van der Waals surface area contributed by atoms with Gasteiger partial charge >= 0.3 is 0 Å². The number of nitrogens with zero attached hydrogens (tertiary/aromatic N) is 1. The van der Waals surface area contributed by atoms with Gasteiger partial charge in [0.25, 0.3) is 0 Å². The number of rotatable bonds is 5. The van der Waals surface area contributed by atoms with Crippen molar-refractivity contribution in [2.24, 2.45) is 0 Å². The largest absolute Gasteiger partial charge is 0.490 e. The van der Waals surface area contributed by atoms with Crippen molar-refractivity contribution in [1.82, 2.24) is 4.57 Å². The standard InChI is InChI=1S/C14H17NO2/c1-16-10-9-15-8-7-12-13(15)3-2-4-14(12)17-11-5-6-11/h2-4,7-8,11H,5-6,9-10H2,1H3. The van der Waals surface area contributed by atoms with Gasteiger partial charge in [0, 0.05) is 25.2 Å². The summed E-state index contributed by atoms with van der Waals surface area (Å²) in [6.07, 6.45) is 4.94. The van der Waals surface area contributed by atoms with Crippen LogP contribution in [0.1, 0.15) is 12.8 Å². The molecule has 0 bridgehead atoms. The van der Waals surface area contributed by atoms with Crippen LogP contribution in [0.2, 0.25) is 0 Å². The van der Waals surface area contributed by atoms with Gasteiger partial charge in [0.2, 0.25) is 0 Å². The first-order valence-electron chi connectivity index (χ1n) is 6.12. The van der Waals surface area contributed by atoms with Crippen LogP contribution in [0.3, 0.4) is 0 Å². The number of methoxy groups -OCH3 is 1. The Morgan fingerprint density at radius 2 is 2.18 bits per heavy atom. The minimum atomic E-state index is 0.447. The zero-order valence-electron chi connectivity index (χ0n) is 10.1. The second kappa shape index (κ2) is 4.41. The highest BCUT2D eigenvalue weighted by molar-refractivity contribution is 5.86. The molecule has 90 valence electrons. The van der Waals surface area contributed by atoms with Crippen LogP contribution in [-0.2, 0) is 11.3 Å². The molecule has 0 spiro atoms. The summed E-state index contributed by atoms with van der Waals surface area (Å²) in [4.78, 5) is 0. The van der Waals surface area contributed by atoms with E-state index in [1.54, 1.807) is 7.11 Å². The molecule has 0 saturated heterocycles. The van der Waals surface area contributed by atoms with Crippen LogP contribution in [0.15, 0.2) is 30.5 Å². The number of fused-ring (bicyclic) bond motifs is 1. The fourth-order valence-corrected chi connectivity index (χ4v) is 2.05. The first-order chi connectivity index (χ1) is 8.38. The van der Waals surface area contributed by atoms with Crippen LogP contribution < -0.4 is 4.74 Å². The van der Waals surface area contributed by atoms with E-state index in [-0.39, 0.29) is 0 Å². The molecule has 3 nitrogen and oxygen atoms in total. The third-order valence-electron chi connectivity index (χ3n) is 3.13. The van der Waals surface area contributed by atoms with Crippen LogP contribution in [-0.4, -0.2) is 24.4 Å². The molecule has 0 amide bonds. The molecular formula is C14H17NO2. The van der Waals surface area contributed by atoms with Crippen molar-refractivity contribution in [2.45, 2.75) is 25.5 Å². The Morgan fingerprint density at radius 1 is 1.29 bits per heavy atom. The quantitative estimate of drug-likeness (QED) is 0.790. The topological polar surface area (TPSA) is 23.4 Å². The van der Waals surface area contributed by atoms with E-state index in [1.807, 2.05) is 0 Å². The maximum Gasteiger partial charge on any atom is 0.129 e. The number of hydrogen-bond acceptors (Lipinski definition) is 2. The van der Waals surface area contributed by atoms with Crippen molar-refractivity contribution in [3.05, 3.63) is 30.5 Å². The molecule has 1 aliphatic rings. The van der Waals surface area contributed by atoms with Crippen molar-refractivity contribution >= 4 is 10.9 Å². The molecule has 1 aliphatic carbocycles. The number of benzene rings is 1. The number of hydrogen-bond donors (Lipinski definition) is 0. The Hall–Kier alpha value is -1.48. The SMILES string of the molecule is COCCn1ccc2c(OC3CC3)cccc21. The summed E-state index contributed by atoms with van der Waals surface area (Å²) in [7, 11) is 1.73. The molecule has 2 aromatic rings. The molecule has 1 aromatic carbocycles. The Kier molecular flexibility index (Phi) is 2.77. The van der Waals surface area contributed by atoms with Gasteiger partial charge in [-0.15, -0.1) is 0 Å². The van der Waals surface area contributed by atoms with Gasteiger partial charge in [-0.25, -0.2) is 0 Å². The second-order valence-corrected chi connectivity index (χ2v) is 4.51. The van der Waals surface area contributed by atoms with Crippen molar-refractivity contribution in [2.75, 3.05) is 13.7 Å². The average Bonchev–Trinajstić information content (AvgIpc) is 3.06. The predicted molar refractivity (Wildman–Crippen MR) is 67.5 cm³/mol. The van der Waals surface area contributed by atoms with Crippen LogP contribution in [0.4, 0.5) is 0 Å². The lowest BCUT2D eigenvalue weighted by Gasteiger charge is -2.07. The third kappa shape index (κ3) is 2.15. The summed E-state index contributed by atoms with van der Waals surface area (Å²) in [5, 5.41) is 1.20. The first kappa shape index (κ1) is 10.7. The van der Waals surface area contributed by atoms with Crippen LogP contribution >= 0.6 is 0 Å². The summed E-state index contributed by atoms with van der Waals surface area (Å²) in [6, 6.07) is 8.37. The fraction of sp³-hybridized carbons (Fsp3) is 0.429. The lowest BCUT2D eigenvalue weighted by Crippen LogP contribution is -2.02. The summed E-state index contributed by atoms with van der Waals surface area (Å²) in [5.41, 5.74) is 1.22. The van der Waals surface area contributed by atoms with Crippen LogP contribution in [0.25, 0.3) is 10.9 Å². The van der Waals surface area contributed by atoms with Gasteiger partial charge in [-0.05, 0) is 31.0 Å². The van der Waals surface area contributed by atoms with Gasteiger partial charge in [0.05, 0.1) is 18.2 Å². The first-order valence-corrected chi connectivity index (χ1v) is 6.12. The van der Waals surface area contributed by atoms with Crippen molar-refractivity contribution in [3.8, 4) is 5.75 Å². The number of ether oxygens (including phenoxy) is 2. The van der Waals surface area contributed by atoms with Crippen LogP contribution in [0, 0.1) is 0 Å². The highest BCUT2D eigenvalue weighted by Gasteiger charge is 2.24. The highest BCUT2D eigenvalue weighted by atomic mass is 16.5. The van der Waals surface area contributed by atoms with Gasteiger partial charge in [0.1, 0.15) is 5.75 Å². The Morgan fingerprint density at radius 3 is 2.94 bits per heavy atom. The Balaban J connectivity index is 1.92. The van der Waals surface area contributed by atoms with E-state index >= 15 is 0 Å². The predicted octanol–water partition coefficient (Wildman–Crippen LogP) is 2.83. The normalized spacial score (nSPS) is 15.4. The lowest BCUT2D eigenvalue weighted by molar-refractivity contribution is 0.188. The number of aromatic nitrogens is 1. The van der Waals surface area contributed by atoms with Crippen molar-refractivity contribution < 1.29 is 9.47 Å². The Labute approximate surface area is 101 Å². The van der Waals surface area contributed by atoms with Gasteiger partial charge in [-0.2, -0.15) is 0 Å². The lowest BCUT2D eigenvalue weighted by atomic mass is 10.2. The smallest absolute Gasteiger partial charge is 0.129 e. The van der Waals surface area contributed by atoms with E-state index in [0.717, 1.165) is 18.9 Å². The zero-order valence-corrected chi connectivity index (χ0v) is 10.1. The van der Waals surface area contributed by atoms with E-state index in [4.69, 9.17) is 9.47 Å². The summed E-state index contributed by atoms with van der Waals surface area (Å²) < 4.78 is 13.2. The van der Waals surface area contributed by atoms with Gasteiger partial charge in [-0.1, -0.05) is 6.07 Å². The zero-order chi connectivity index (χ0) is 11.7. The molecule has 1 heterocycles. The van der Waals surface area contributed by atoms with E-state index in [1.165, 1.54) is 23.7 Å². The Bertz CT molecular complexity index is 514. The summed E-state index contributed by atoms with van der Waals surface area (Å²) >= 11 is 0. The average molecular weight is 231 g/mol. The summed E-state index contributed by atoms with van der Waals surface area (Å²) in [6.45, 7) is 1.62. The minimum Gasteiger partial charge on any atom is -0.490 e. The molecular weight excluding hydrogens is 214 g/mol. The molecule has 1 fully saturated rings. The molecule has 0 N–H and O–H groups in total. The van der Waals surface area contributed by atoms with Crippen molar-refractivity contribution in [3.63, 3.8) is 0 Å². The molecule has 0 radical (unpaired) electrons. The highest BCUT2D eigenvalue weighted by Crippen LogP contribution is 2.32. The van der Waals surface area contributed by atoms with E-state index < -0.39 is 0 Å². The monoisotopic (exact) mass is 231 g/mol. The van der Waals surface area contributed by atoms with Crippen molar-refractivity contribution in [1.29, 1.82) is 0 Å². The van der Waals surface area contributed by atoms with E-state index in [9.17, 15) is 0 Å². The molecule has 0 aliphatic heterocycles. The minimum absolute atomic E-state index is 0.447. The summed E-state index contributed by atoms with van der Waals surface area (Å²) in [5.74, 6) is 1.01. The molecule has 3 heteroatoms. The molecule has 1 saturated carbocycles. The molecule has 1 aromatic heterocycles. The fourth-order valence-electron chi connectivity index (χ4n) is 2.05. The maximum atomic E-state index is 5.91. The van der Waals surface area contributed by atoms with Crippen LogP contribution in [0.5, 0.6) is 5.75 Å². The maximum absolute atomic E-state index is 5.91. The molecule has 3 rings (SSSR count). The molecule has 0 unspecified atom stereocenters. The van der Waals surface area contributed by atoms with Gasteiger partial charge in [-0.3, -0.25) is 0 Å².